The van der Waals surface area contributed by atoms with Crippen LogP contribution in [0.4, 0.5) is 4.39 Å². The number of carbonyl (C=O) groups excluding carboxylic acids is 3. The maximum Gasteiger partial charge on any atom is 0.307 e. The molecular weight excluding hydrogens is 349 g/mol. The molecular formula is C21H28FNO4. The van der Waals surface area contributed by atoms with Crippen LogP contribution >= 0.6 is 0 Å². The molecule has 0 spiro atoms. The molecule has 27 heavy (non-hydrogen) atoms. The molecule has 1 aromatic carbocycles. The van der Waals surface area contributed by atoms with Crippen molar-refractivity contribution in [3.05, 3.63) is 35.6 Å². The summed E-state index contributed by atoms with van der Waals surface area (Å²) in [6.07, 6.45) is 2.11. The normalized spacial score (nSPS) is 23.3. The van der Waals surface area contributed by atoms with Crippen molar-refractivity contribution >= 4 is 17.7 Å². The van der Waals surface area contributed by atoms with Gasteiger partial charge in [0.1, 0.15) is 5.82 Å². The number of carbonyl (C=O) groups is 3. The van der Waals surface area contributed by atoms with E-state index in [0.717, 1.165) is 12.8 Å². The number of benzene rings is 1. The van der Waals surface area contributed by atoms with Gasteiger partial charge in [-0.1, -0.05) is 26.7 Å². The van der Waals surface area contributed by atoms with Crippen molar-refractivity contribution in [2.45, 2.75) is 65.0 Å². The molecule has 148 valence electrons. The highest BCUT2D eigenvalue weighted by atomic mass is 19.1. The molecule has 1 fully saturated rings. The van der Waals surface area contributed by atoms with Crippen LogP contribution in [0.3, 0.4) is 0 Å². The lowest BCUT2D eigenvalue weighted by atomic mass is 9.78. The molecule has 4 atom stereocenters. The van der Waals surface area contributed by atoms with Crippen molar-refractivity contribution in [3.63, 3.8) is 0 Å². The van der Waals surface area contributed by atoms with Crippen LogP contribution in [-0.2, 0) is 14.3 Å². The Kier molecular flexibility index (Phi) is 7.51. The number of Topliss-reactive ketones (excluding diaryl/α,β-unsaturated/α-hetero) is 1. The Morgan fingerprint density at radius 1 is 1.15 bits per heavy atom. The van der Waals surface area contributed by atoms with E-state index in [4.69, 9.17) is 4.74 Å². The van der Waals surface area contributed by atoms with Crippen LogP contribution < -0.4 is 5.32 Å². The van der Waals surface area contributed by atoms with Crippen LogP contribution in [0.5, 0.6) is 0 Å². The topological polar surface area (TPSA) is 72.5 Å². The third-order valence-corrected chi connectivity index (χ3v) is 5.43. The summed E-state index contributed by atoms with van der Waals surface area (Å²) < 4.78 is 18.0. The fourth-order valence-corrected chi connectivity index (χ4v) is 3.39. The van der Waals surface area contributed by atoms with Crippen LogP contribution in [0.1, 0.15) is 63.2 Å². The Bertz CT molecular complexity index is 673. The molecule has 5 nitrogen and oxygen atoms in total. The highest BCUT2D eigenvalue weighted by Gasteiger charge is 2.30. The summed E-state index contributed by atoms with van der Waals surface area (Å²) in [7, 11) is 0. The molecule has 0 unspecified atom stereocenters. The average Bonchev–Trinajstić information content (AvgIpc) is 2.64. The van der Waals surface area contributed by atoms with Gasteiger partial charge in [0.25, 0.3) is 5.91 Å². The summed E-state index contributed by atoms with van der Waals surface area (Å²) in [5.41, 5.74) is 0.343. The molecule has 2 rings (SSSR count). The van der Waals surface area contributed by atoms with Crippen LogP contribution in [0.2, 0.25) is 0 Å². The van der Waals surface area contributed by atoms with E-state index in [2.05, 4.69) is 19.2 Å². The number of hydrogen-bond acceptors (Lipinski definition) is 4. The van der Waals surface area contributed by atoms with Crippen molar-refractivity contribution in [2.75, 3.05) is 0 Å². The standard InChI is InChI=1S/C21H28FNO4/c1-13-5-4-6-18(14(13)2)23-21(26)15(3)27-20(25)12-11-19(24)16-7-9-17(22)10-8-16/h7-10,13-15,18H,4-6,11-12H2,1-3H3,(H,23,26)/t13-,14-,15-,18+/m1/s1. The van der Waals surface area contributed by atoms with Gasteiger partial charge in [0.15, 0.2) is 11.9 Å². The first-order valence-corrected chi connectivity index (χ1v) is 9.56. The largest absolute Gasteiger partial charge is 0.453 e. The van der Waals surface area contributed by atoms with Gasteiger partial charge in [0.2, 0.25) is 0 Å². The van der Waals surface area contributed by atoms with E-state index in [1.165, 1.54) is 37.6 Å². The zero-order valence-corrected chi connectivity index (χ0v) is 16.2. The average molecular weight is 377 g/mol. The minimum Gasteiger partial charge on any atom is -0.453 e. The Balaban J connectivity index is 1.76. The smallest absolute Gasteiger partial charge is 0.307 e. The molecule has 1 amide bonds. The molecule has 6 heteroatoms. The lowest BCUT2D eigenvalue weighted by molar-refractivity contribution is -0.155. The fraction of sp³-hybridized carbons (Fsp3) is 0.571. The van der Waals surface area contributed by atoms with Crippen molar-refractivity contribution in [1.29, 1.82) is 0 Å². The quantitative estimate of drug-likeness (QED) is 0.581. The second kappa shape index (κ2) is 9.62. The number of rotatable bonds is 7. The molecule has 0 aromatic heterocycles. The molecule has 0 saturated heterocycles. The number of hydrogen-bond donors (Lipinski definition) is 1. The van der Waals surface area contributed by atoms with Crippen molar-refractivity contribution in [1.82, 2.24) is 5.32 Å². The van der Waals surface area contributed by atoms with Gasteiger partial charge in [-0.05, 0) is 49.4 Å². The van der Waals surface area contributed by atoms with E-state index in [9.17, 15) is 18.8 Å². The molecule has 1 aromatic rings. The second-order valence-corrected chi connectivity index (χ2v) is 7.44. The number of ether oxygens (including phenoxy) is 1. The zero-order chi connectivity index (χ0) is 20.0. The lowest BCUT2D eigenvalue weighted by Gasteiger charge is -2.35. The molecule has 1 aliphatic carbocycles. The number of ketones is 1. The van der Waals surface area contributed by atoms with Crippen LogP contribution in [0.25, 0.3) is 0 Å². The number of amides is 1. The third kappa shape index (κ3) is 6.15. The first-order valence-electron chi connectivity index (χ1n) is 9.56. The molecule has 1 aliphatic rings. The Morgan fingerprint density at radius 3 is 2.48 bits per heavy atom. The fourth-order valence-electron chi connectivity index (χ4n) is 3.39. The van der Waals surface area contributed by atoms with Crippen molar-refractivity contribution < 1.29 is 23.5 Å². The number of halogens is 1. The summed E-state index contributed by atoms with van der Waals surface area (Å²) in [6.45, 7) is 5.85. The summed E-state index contributed by atoms with van der Waals surface area (Å²) in [4.78, 5) is 36.2. The van der Waals surface area contributed by atoms with E-state index in [1.54, 1.807) is 0 Å². The highest BCUT2D eigenvalue weighted by Crippen LogP contribution is 2.29. The Hall–Kier alpha value is -2.24. The molecule has 0 aliphatic heterocycles. The van der Waals surface area contributed by atoms with Crippen LogP contribution in [0, 0.1) is 17.7 Å². The Morgan fingerprint density at radius 2 is 1.81 bits per heavy atom. The first-order chi connectivity index (χ1) is 12.8. The zero-order valence-electron chi connectivity index (χ0n) is 16.2. The van der Waals surface area contributed by atoms with Gasteiger partial charge in [-0.3, -0.25) is 14.4 Å². The van der Waals surface area contributed by atoms with Gasteiger partial charge < -0.3 is 10.1 Å². The predicted molar refractivity (Wildman–Crippen MR) is 99.6 cm³/mol. The predicted octanol–water partition coefficient (Wildman–Crippen LogP) is 3.66. The second-order valence-electron chi connectivity index (χ2n) is 7.44. The van der Waals surface area contributed by atoms with Gasteiger partial charge in [0, 0.05) is 18.0 Å². The molecule has 1 saturated carbocycles. The number of esters is 1. The van der Waals surface area contributed by atoms with Crippen molar-refractivity contribution in [2.24, 2.45) is 11.8 Å². The minimum atomic E-state index is -0.900. The van der Waals surface area contributed by atoms with Gasteiger partial charge in [0.05, 0.1) is 6.42 Å². The molecule has 0 bridgehead atoms. The van der Waals surface area contributed by atoms with Gasteiger partial charge in [-0.2, -0.15) is 0 Å². The molecule has 0 heterocycles. The number of nitrogens with one attached hydrogen (secondary N) is 1. The maximum atomic E-state index is 12.9. The monoisotopic (exact) mass is 377 g/mol. The minimum absolute atomic E-state index is 0.0457. The molecule has 0 radical (unpaired) electrons. The molecule has 1 N–H and O–H groups in total. The summed E-state index contributed by atoms with van der Waals surface area (Å²) in [5.74, 6) is -0.655. The lowest BCUT2D eigenvalue weighted by Crippen LogP contribution is -2.47. The SMILES string of the molecule is C[C@@H]1[C@H](C)CCC[C@@H]1NC(=O)[C@@H](C)OC(=O)CCC(=O)c1ccc(F)cc1. The van der Waals surface area contributed by atoms with Crippen molar-refractivity contribution in [3.8, 4) is 0 Å². The van der Waals surface area contributed by atoms with Gasteiger partial charge >= 0.3 is 5.97 Å². The third-order valence-electron chi connectivity index (χ3n) is 5.43. The summed E-state index contributed by atoms with van der Waals surface area (Å²) >= 11 is 0. The van der Waals surface area contributed by atoms with Crippen LogP contribution in [-0.4, -0.2) is 29.8 Å². The summed E-state index contributed by atoms with van der Waals surface area (Å²) in [6, 6.07) is 5.26. The maximum absolute atomic E-state index is 12.9. The van der Waals surface area contributed by atoms with E-state index >= 15 is 0 Å². The van der Waals surface area contributed by atoms with E-state index < -0.39 is 17.9 Å². The van der Waals surface area contributed by atoms with Gasteiger partial charge in [-0.25, -0.2) is 4.39 Å². The first kappa shape index (κ1) is 21.1. The van der Waals surface area contributed by atoms with E-state index in [-0.39, 0.29) is 30.6 Å². The summed E-state index contributed by atoms with van der Waals surface area (Å²) in [5, 5.41) is 2.98. The Labute approximate surface area is 159 Å². The van der Waals surface area contributed by atoms with E-state index in [1.807, 2.05) is 0 Å². The highest BCUT2D eigenvalue weighted by molar-refractivity contribution is 5.97. The van der Waals surface area contributed by atoms with E-state index in [0.29, 0.717) is 17.4 Å². The van der Waals surface area contributed by atoms with Gasteiger partial charge in [-0.15, -0.1) is 0 Å². The van der Waals surface area contributed by atoms with Crippen LogP contribution in [0.15, 0.2) is 24.3 Å².